The first-order valence-electron chi connectivity index (χ1n) is 4.92. The first-order chi connectivity index (χ1) is 7.65. The van der Waals surface area contributed by atoms with E-state index in [9.17, 15) is 9.18 Å². The monoisotopic (exact) mass is 222 g/mol. The lowest BCUT2D eigenvalue weighted by molar-refractivity contribution is -0.120. The van der Waals surface area contributed by atoms with E-state index in [-0.39, 0.29) is 18.3 Å². The Morgan fingerprint density at radius 2 is 2.19 bits per heavy atom. The number of carbonyl (C=O) groups excluding carboxylic acids is 1. The molecule has 0 aliphatic carbocycles. The number of primary amides is 1. The van der Waals surface area contributed by atoms with Gasteiger partial charge in [-0.15, -0.1) is 0 Å². The van der Waals surface area contributed by atoms with Crippen molar-refractivity contribution in [3.63, 3.8) is 0 Å². The molecule has 84 valence electrons. The van der Waals surface area contributed by atoms with Gasteiger partial charge in [-0.05, 0) is 17.7 Å². The van der Waals surface area contributed by atoms with Crippen LogP contribution < -0.4 is 5.73 Å². The van der Waals surface area contributed by atoms with Gasteiger partial charge in [0.15, 0.2) is 0 Å². The third-order valence-corrected chi connectivity index (χ3v) is 2.34. The molecule has 4 nitrogen and oxygen atoms in total. The summed E-state index contributed by atoms with van der Waals surface area (Å²) in [4.78, 5) is 15.7. The number of benzene rings is 1. The van der Waals surface area contributed by atoms with Crippen molar-refractivity contribution >= 4 is 11.6 Å². The zero-order valence-electron chi connectivity index (χ0n) is 8.52. The quantitative estimate of drug-likeness (QED) is 0.834. The minimum absolute atomic E-state index is 0.147. The Balaban J connectivity index is 2.03. The Bertz CT molecular complexity index is 428. The van der Waals surface area contributed by atoms with E-state index < -0.39 is 5.91 Å². The van der Waals surface area contributed by atoms with Gasteiger partial charge in [-0.1, -0.05) is 17.3 Å². The second-order valence-corrected chi connectivity index (χ2v) is 3.65. The predicted octanol–water partition coefficient (Wildman–Crippen LogP) is 1.19. The molecule has 2 N–H and O–H groups in total. The number of hydrogen-bond donors (Lipinski definition) is 1. The number of amides is 1. The van der Waals surface area contributed by atoms with Crippen LogP contribution in [-0.4, -0.2) is 17.7 Å². The Hall–Kier alpha value is -1.91. The zero-order valence-corrected chi connectivity index (χ0v) is 8.52. The standard InChI is InChI=1S/C11H11FN2O2/c12-8-3-1-7(2-4-8)10-5-9(16-14-10)6-11(13)15/h1-4,9H,5-6H2,(H2,13,15). The zero-order chi connectivity index (χ0) is 11.5. The second-order valence-electron chi connectivity index (χ2n) is 3.65. The van der Waals surface area contributed by atoms with Crippen molar-refractivity contribution in [2.24, 2.45) is 10.9 Å². The molecule has 0 spiro atoms. The number of rotatable bonds is 3. The molecule has 16 heavy (non-hydrogen) atoms. The fourth-order valence-corrected chi connectivity index (χ4v) is 1.58. The lowest BCUT2D eigenvalue weighted by Crippen LogP contribution is -2.20. The fraction of sp³-hybridized carbons (Fsp3) is 0.273. The molecule has 0 aromatic heterocycles. The molecule has 1 aromatic carbocycles. The summed E-state index contributed by atoms with van der Waals surface area (Å²) in [6, 6.07) is 5.98. The second kappa shape index (κ2) is 4.30. The molecule has 1 amide bonds. The van der Waals surface area contributed by atoms with Crippen LogP contribution in [0.25, 0.3) is 0 Å². The van der Waals surface area contributed by atoms with E-state index in [1.165, 1.54) is 12.1 Å². The summed E-state index contributed by atoms with van der Waals surface area (Å²) in [5, 5.41) is 3.86. The van der Waals surface area contributed by atoms with Gasteiger partial charge in [0.25, 0.3) is 0 Å². The van der Waals surface area contributed by atoms with E-state index in [2.05, 4.69) is 5.16 Å². The van der Waals surface area contributed by atoms with Crippen LogP contribution in [0.5, 0.6) is 0 Å². The van der Waals surface area contributed by atoms with Crippen LogP contribution in [0.3, 0.4) is 0 Å². The average Bonchev–Trinajstić information content (AvgIpc) is 2.66. The summed E-state index contributed by atoms with van der Waals surface area (Å²) < 4.78 is 12.7. The molecule has 5 heteroatoms. The predicted molar refractivity (Wildman–Crippen MR) is 56.2 cm³/mol. The van der Waals surface area contributed by atoms with Gasteiger partial charge >= 0.3 is 0 Å². The Labute approximate surface area is 91.9 Å². The van der Waals surface area contributed by atoms with Crippen molar-refractivity contribution in [3.8, 4) is 0 Å². The maximum absolute atomic E-state index is 12.7. The van der Waals surface area contributed by atoms with E-state index in [4.69, 9.17) is 10.6 Å². The van der Waals surface area contributed by atoms with Gasteiger partial charge < -0.3 is 10.6 Å². The van der Waals surface area contributed by atoms with Gasteiger partial charge in [-0.25, -0.2) is 4.39 Å². The lowest BCUT2D eigenvalue weighted by atomic mass is 10.0. The Morgan fingerprint density at radius 3 is 2.81 bits per heavy atom. The number of nitrogens with two attached hydrogens (primary N) is 1. The number of nitrogens with zero attached hydrogens (tertiary/aromatic N) is 1. The first-order valence-corrected chi connectivity index (χ1v) is 4.92. The number of oxime groups is 1. The highest BCUT2D eigenvalue weighted by Gasteiger charge is 2.23. The van der Waals surface area contributed by atoms with Gasteiger partial charge in [0.05, 0.1) is 12.1 Å². The minimum atomic E-state index is -0.416. The van der Waals surface area contributed by atoms with E-state index in [1.54, 1.807) is 12.1 Å². The van der Waals surface area contributed by atoms with E-state index >= 15 is 0 Å². The SMILES string of the molecule is NC(=O)CC1CC(c2ccc(F)cc2)=NO1. The molecule has 0 saturated heterocycles. The number of hydrogen-bond acceptors (Lipinski definition) is 3. The first kappa shape index (κ1) is 10.6. The van der Waals surface area contributed by atoms with Crippen LogP contribution in [-0.2, 0) is 9.63 Å². The topological polar surface area (TPSA) is 64.7 Å². The van der Waals surface area contributed by atoms with Crippen LogP contribution in [0.1, 0.15) is 18.4 Å². The molecule has 1 atom stereocenters. The number of carbonyl (C=O) groups is 1. The third-order valence-electron chi connectivity index (χ3n) is 2.34. The fourth-order valence-electron chi connectivity index (χ4n) is 1.58. The van der Waals surface area contributed by atoms with Gasteiger partial charge in [-0.2, -0.15) is 0 Å². The van der Waals surface area contributed by atoms with Crippen LogP contribution in [0.2, 0.25) is 0 Å². The molecule has 1 heterocycles. The third kappa shape index (κ3) is 2.36. The molecule has 1 aromatic rings. The molecule has 2 rings (SSSR count). The van der Waals surface area contributed by atoms with Gasteiger partial charge in [0, 0.05) is 6.42 Å². The van der Waals surface area contributed by atoms with Gasteiger partial charge in [-0.3, -0.25) is 4.79 Å². The normalized spacial score (nSPS) is 19.1. The van der Waals surface area contributed by atoms with Crippen molar-refractivity contribution in [3.05, 3.63) is 35.6 Å². The maximum atomic E-state index is 12.7. The molecule has 0 bridgehead atoms. The van der Waals surface area contributed by atoms with Crippen molar-refractivity contribution in [2.75, 3.05) is 0 Å². The molecular weight excluding hydrogens is 211 g/mol. The van der Waals surface area contributed by atoms with E-state index in [0.29, 0.717) is 12.1 Å². The van der Waals surface area contributed by atoms with Crippen molar-refractivity contribution < 1.29 is 14.0 Å². The largest absolute Gasteiger partial charge is 0.391 e. The summed E-state index contributed by atoms with van der Waals surface area (Å²) in [6.45, 7) is 0. The van der Waals surface area contributed by atoms with Crippen LogP contribution >= 0.6 is 0 Å². The molecular formula is C11H11FN2O2. The van der Waals surface area contributed by atoms with Crippen LogP contribution in [0, 0.1) is 5.82 Å². The van der Waals surface area contributed by atoms with Crippen LogP contribution in [0.15, 0.2) is 29.4 Å². The summed E-state index contributed by atoms with van der Waals surface area (Å²) >= 11 is 0. The highest BCUT2D eigenvalue weighted by molar-refractivity contribution is 6.01. The van der Waals surface area contributed by atoms with Crippen molar-refractivity contribution in [1.82, 2.24) is 0 Å². The maximum Gasteiger partial charge on any atom is 0.221 e. The molecule has 1 aliphatic rings. The summed E-state index contributed by atoms with van der Waals surface area (Å²) in [7, 11) is 0. The lowest BCUT2D eigenvalue weighted by Gasteiger charge is -2.03. The molecule has 1 unspecified atom stereocenters. The van der Waals surface area contributed by atoms with Gasteiger partial charge in [0.2, 0.25) is 5.91 Å². The molecule has 0 saturated carbocycles. The Kier molecular flexibility index (Phi) is 2.85. The highest BCUT2D eigenvalue weighted by Crippen LogP contribution is 2.18. The van der Waals surface area contributed by atoms with Crippen molar-refractivity contribution in [1.29, 1.82) is 0 Å². The van der Waals surface area contributed by atoms with E-state index in [1.807, 2.05) is 0 Å². The average molecular weight is 222 g/mol. The van der Waals surface area contributed by atoms with Crippen LogP contribution in [0.4, 0.5) is 4.39 Å². The molecule has 0 radical (unpaired) electrons. The van der Waals surface area contributed by atoms with Gasteiger partial charge in [0.1, 0.15) is 11.9 Å². The van der Waals surface area contributed by atoms with E-state index in [0.717, 1.165) is 5.56 Å². The molecule has 0 fully saturated rings. The summed E-state index contributed by atoms with van der Waals surface area (Å²) in [5.41, 5.74) is 6.57. The van der Waals surface area contributed by atoms with Crippen molar-refractivity contribution in [2.45, 2.75) is 18.9 Å². The number of halogens is 1. The Morgan fingerprint density at radius 1 is 1.50 bits per heavy atom. The smallest absolute Gasteiger partial charge is 0.221 e. The summed E-state index contributed by atoms with van der Waals surface area (Å²) in [5.74, 6) is -0.711. The highest BCUT2D eigenvalue weighted by atomic mass is 19.1. The summed E-state index contributed by atoms with van der Waals surface area (Å²) in [6.07, 6.45) is 0.375. The molecule has 1 aliphatic heterocycles. The minimum Gasteiger partial charge on any atom is -0.391 e.